The summed E-state index contributed by atoms with van der Waals surface area (Å²) in [6.45, 7) is 4.77. The first-order chi connectivity index (χ1) is 5.83. The fourth-order valence-electron chi connectivity index (χ4n) is 0.778. The van der Waals surface area contributed by atoms with Crippen LogP contribution in [0.4, 0.5) is 5.82 Å². The second-order valence-corrected chi connectivity index (χ2v) is 2.08. The quantitative estimate of drug-likeness (QED) is 0.700. The fraction of sp³-hybridized carbons (Fsp3) is 0.444. The Hall–Kier alpha value is -1.09. The molecular weight excluding hydrogens is 150 g/mol. The second kappa shape index (κ2) is 6.61. The summed E-state index contributed by atoms with van der Waals surface area (Å²) in [4.78, 5) is 4.08. The van der Waals surface area contributed by atoms with Crippen molar-refractivity contribution in [2.75, 3.05) is 12.8 Å². The molecule has 0 atom stereocenters. The molecule has 0 saturated heterocycles. The van der Waals surface area contributed by atoms with Gasteiger partial charge in [-0.2, -0.15) is 0 Å². The van der Waals surface area contributed by atoms with Crippen LogP contribution in [0.5, 0.6) is 0 Å². The molecule has 68 valence electrons. The first-order valence-electron chi connectivity index (χ1n) is 4.19. The van der Waals surface area contributed by atoms with E-state index in [0.29, 0.717) is 5.82 Å². The molecule has 0 spiro atoms. The third-order valence-electron chi connectivity index (χ3n) is 1.19. The van der Waals surface area contributed by atoms with E-state index in [-0.39, 0.29) is 0 Å². The number of nitrogens with zero attached hydrogens (tertiary/aromatic N) is 1. The number of rotatable bonds is 2. The van der Waals surface area contributed by atoms with Gasteiger partial charge in [0.25, 0.3) is 0 Å². The highest BCUT2D eigenvalue weighted by atomic mass is 14.9. The zero-order chi connectivity index (χ0) is 9.40. The van der Waals surface area contributed by atoms with Crippen molar-refractivity contribution in [2.24, 2.45) is 0 Å². The van der Waals surface area contributed by atoms with Gasteiger partial charge in [0.1, 0.15) is 5.82 Å². The predicted octanol–water partition coefficient (Wildman–Crippen LogP) is 1.41. The van der Waals surface area contributed by atoms with Crippen LogP contribution in [0, 0.1) is 0 Å². The van der Waals surface area contributed by atoms with Crippen LogP contribution in [-0.2, 0) is 6.54 Å². The van der Waals surface area contributed by atoms with Gasteiger partial charge in [0.15, 0.2) is 0 Å². The summed E-state index contributed by atoms with van der Waals surface area (Å²) < 4.78 is 0. The van der Waals surface area contributed by atoms with Crippen molar-refractivity contribution in [3.8, 4) is 0 Å². The lowest BCUT2D eigenvalue weighted by atomic mass is 10.3. The monoisotopic (exact) mass is 167 g/mol. The Morgan fingerprint density at radius 3 is 2.58 bits per heavy atom. The van der Waals surface area contributed by atoms with E-state index in [4.69, 9.17) is 5.73 Å². The first-order valence-corrected chi connectivity index (χ1v) is 4.19. The van der Waals surface area contributed by atoms with Crippen molar-refractivity contribution in [1.29, 1.82) is 0 Å². The summed E-state index contributed by atoms with van der Waals surface area (Å²) in [6.07, 6.45) is 0. The van der Waals surface area contributed by atoms with Crippen LogP contribution in [-0.4, -0.2) is 12.0 Å². The van der Waals surface area contributed by atoms with E-state index < -0.39 is 0 Å². The minimum atomic E-state index is 0.577. The molecule has 1 aromatic rings. The van der Waals surface area contributed by atoms with E-state index in [2.05, 4.69) is 10.3 Å². The van der Waals surface area contributed by atoms with Crippen LogP contribution in [0.2, 0.25) is 0 Å². The molecule has 1 aromatic heterocycles. The Bertz CT molecular complexity index is 211. The topological polar surface area (TPSA) is 50.9 Å². The molecular formula is C9H17N3. The second-order valence-electron chi connectivity index (χ2n) is 2.08. The summed E-state index contributed by atoms with van der Waals surface area (Å²) in [5.74, 6) is 0.577. The van der Waals surface area contributed by atoms with Crippen molar-refractivity contribution >= 4 is 5.82 Å². The lowest BCUT2D eigenvalue weighted by molar-refractivity contribution is 0.793. The molecule has 0 radical (unpaired) electrons. The Morgan fingerprint density at radius 2 is 2.08 bits per heavy atom. The summed E-state index contributed by atoms with van der Waals surface area (Å²) >= 11 is 0. The molecule has 1 rings (SSSR count). The van der Waals surface area contributed by atoms with Crippen molar-refractivity contribution in [2.45, 2.75) is 20.4 Å². The Kier molecular flexibility index (Phi) is 6.01. The van der Waals surface area contributed by atoms with E-state index in [1.54, 1.807) is 6.07 Å². The zero-order valence-electron chi connectivity index (χ0n) is 7.96. The molecule has 0 bridgehead atoms. The minimum absolute atomic E-state index is 0.577. The summed E-state index contributed by atoms with van der Waals surface area (Å²) in [6, 6.07) is 5.61. The zero-order valence-corrected chi connectivity index (χ0v) is 7.96. The van der Waals surface area contributed by atoms with E-state index in [1.165, 1.54) is 0 Å². The van der Waals surface area contributed by atoms with Gasteiger partial charge >= 0.3 is 0 Å². The van der Waals surface area contributed by atoms with Gasteiger partial charge in [0.2, 0.25) is 0 Å². The molecule has 0 saturated carbocycles. The first kappa shape index (κ1) is 10.9. The Labute approximate surface area is 74.0 Å². The highest BCUT2D eigenvalue weighted by molar-refractivity contribution is 5.28. The molecule has 0 unspecified atom stereocenters. The molecule has 0 aromatic carbocycles. The lowest BCUT2D eigenvalue weighted by Crippen LogP contribution is -2.07. The number of hydrogen-bond donors (Lipinski definition) is 2. The van der Waals surface area contributed by atoms with Gasteiger partial charge in [-0.1, -0.05) is 19.9 Å². The number of nitrogens with one attached hydrogen (secondary N) is 1. The van der Waals surface area contributed by atoms with Crippen LogP contribution in [0.3, 0.4) is 0 Å². The molecule has 0 aliphatic heterocycles. The number of hydrogen-bond acceptors (Lipinski definition) is 3. The highest BCUT2D eigenvalue weighted by Gasteiger charge is 1.90. The SMILES string of the molecule is CC.CNCc1cccc(N)n1. The van der Waals surface area contributed by atoms with Gasteiger partial charge < -0.3 is 11.1 Å². The third-order valence-corrected chi connectivity index (χ3v) is 1.19. The molecule has 12 heavy (non-hydrogen) atoms. The molecule has 3 N–H and O–H groups in total. The van der Waals surface area contributed by atoms with E-state index in [0.717, 1.165) is 12.2 Å². The van der Waals surface area contributed by atoms with Crippen LogP contribution in [0.25, 0.3) is 0 Å². The number of anilines is 1. The van der Waals surface area contributed by atoms with Crippen LogP contribution >= 0.6 is 0 Å². The van der Waals surface area contributed by atoms with Crippen molar-refractivity contribution < 1.29 is 0 Å². The van der Waals surface area contributed by atoms with Crippen LogP contribution in [0.1, 0.15) is 19.5 Å². The predicted molar refractivity (Wildman–Crippen MR) is 52.8 cm³/mol. The number of aromatic nitrogens is 1. The molecule has 0 amide bonds. The van der Waals surface area contributed by atoms with Gasteiger partial charge in [0.05, 0.1) is 5.69 Å². The molecule has 0 aliphatic carbocycles. The molecule has 3 heteroatoms. The number of pyridine rings is 1. The van der Waals surface area contributed by atoms with E-state index in [9.17, 15) is 0 Å². The maximum atomic E-state index is 5.45. The Morgan fingerprint density at radius 1 is 1.42 bits per heavy atom. The number of nitrogens with two attached hydrogens (primary N) is 1. The fourth-order valence-corrected chi connectivity index (χ4v) is 0.778. The number of nitrogen functional groups attached to an aromatic ring is 1. The van der Waals surface area contributed by atoms with Crippen LogP contribution < -0.4 is 11.1 Å². The van der Waals surface area contributed by atoms with Gasteiger partial charge in [0, 0.05) is 6.54 Å². The van der Waals surface area contributed by atoms with E-state index >= 15 is 0 Å². The third kappa shape index (κ3) is 3.93. The molecule has 0 aliphatic rings. The van der Waals surface area contributed by atoms with E-state index in [1.807, 2.05) is 33.0 Å². The highest BCUT2D eigenvalue weighted by Crippen LogP contribution is 1.98. The van der Waals surface area contributed by atoms with Gasteiger partial charge in [-0.05, 0) is 19.2 Å². The lowest BCUT2D eigenvalue weighted by Gasteiger charge is -1.98. The molecule has 1 heterocycles. The summed E-state index contributed by atoms with van der Waals surface area (Å²) in [5.41, 5.74) is 6.42. The van der Waals surface area contributed by atoms with Crippen molar-refractivity contribution in [1.82, 2.24) is 10.3 Å². The average molecular weight is 167 g/mol. The molecule has 3 nitrogen and oxygen atoms in total. The summed E-state index contributed by atoms with van der Waals surface area (Å²) in [7, 11) is 1.88. The van der Waals surface area contributed by atoms with Crippen LogP contribution in [0.15, 0.2) is 18.2 Å². The molecule has 0 fully saturated rings. The van der Waals surface area contributed by atoms with Gasteiger partial charge in [-0.25, -0.2) is 4.98 Å². The maximum absolute atomic E-state index is 5.45. The van der Waals surface area contributed by atoms with Gasteiger partial charge in [-0.3, -0.25) is 0 Å². The summed E-state index contributed by atoms with van der Waals surface area (Å²) in [5, 5.41) is 2.99. The maximum Gasteiger partial charge on any atom is 0.123 e. The van der Waals surface area contributed by atoms with Crippen molar-refractivity contribution in [3.05, 3.63) is 23.9 Å². The van der Waals surface area contributed by atoms with Gasteiger partial charge in [-0.15, -0.1) is 0 Å². The smallest absolute Gasteiger partial charge is 0.123 e. The Balaban J connectivity index is 0.000000561. The standard InChI is InChI=1S/C7H11N3.C2H6/c1-9-5-6-3-2-4-7(8)10-6;1-2/h2-4,9H,5H2,1H3,(H2,8,10);1-2H3. The normalized spacial score (nSPS) is 8.58. The van der Waals surface area contributed by atoms with Crippen molar-refractivity contribution in [3.63, 3.8) is 0 Å². The average Bonchev–Trinajstić information content (AvgIpc) is 2.09. The minimum Gasteiger partial charge on any atom is -0.384 e. The largest absolute Gasteiger partial charge is 0.384 e.